The molecule has 0 amide bonds. The fourth-order valence-corrected chi connectivity index (χ4v) is 2.39. The summed E-state index contributed by atoms with van der Waals surface area (Å²) in [6, 6.07) is 11.4. The van der Waals surface area contributed by atoms with Crippen molar-refractivity contribution in [3.8, 4) is 11.4 Å². The van der Waals surface area contributed by atoms with E-state index < -0.39 is 17.8 Å². The van der Waals surface area contributed by atoms with Crippen molar-refractivity contribution in [2.75, 3.05) is 11.9 Å². The Balaban J connectivity index is 1.87. The average Bonchev–Trinajstić information content (AvgIpc) is 2.66. The van der Waals surface area contributed by atoms with Gasteiger partial charge in [0.05, 0.1) is 18.2 Å². The van der Waals surface area contributed by atoms with Gasteiger partial charge in [-0.15, -0.1) is 0 Å². The fraction of sp³-hybridized carbons (Fsp3) is 0.167. The van der Waals surface area contributed by atoms with Crippen molar-refractivity contribution in [3.63, 3.8) is 0 Å². The largest absolute Gasteiger partial charge is 0.417 e. The van der Waals surface area contributed by atoms with Gasteiger partial charge in [0.15, 0.2) is 5.82 Å². The van der Waals surface area contributed by atoms with E-state index in [4.69, 9.17) is 0 Å². The van der Waals surface area contributed by atoms with Gasteiger partial charge in [0.1, 0.15) is 5.82 Å². The molecule has 134 valence electrons. The van der Waals surface area contributed by atoms with Gasteiger partial charge < -0.3 is 10.4 Å². The van der Waals surface area contributed by atoms with E-state index in [1.807, 2.05) is 30.3 Å². The first-order valence-electron chi connectivity index (χ1n) is 7.75. The van der Waals surface area contributed by atoms with E-state index in [2.05, 4.69) is 20.3 Å². The smallest absolute Gasteiger partial charge is 0.394 e. The second kappa shape index (κ2) is 7.49. The Kier molecular flexibility index (Phi) is 5.13. The summed E-state index contributed by atoms with van der Waals surface area (Å²) in [6.45, 7) is -0.172. The lowest BCUT2D eigenvalue weighted by atomic mass is 10.1. The van der Waals surface area contributed by atoms with E-state index in [1.165, 1.54) is 12.4 Å². The van der Waals surface area contributed by atoms with Crippen LogP contribution < -0.4 is 5.32 Å². The van der Waals surface area contributed by atoms with Crippen LogP contribution in [0.15, 0.2) is 61.1 Å². The highest BCUT2D eigenvalue weighted by Gasteiger charge is 2.31. The first-order chi connectivity index (χ1) is 12.5. The van der Waals surface area contributed by atoms with Crippen molar-refractivity contribution in [1.29, 1.82) is 0 Å². The molecule has 0 aliphatic rings. The van der Waals surface area contributed by atoms with E-state index in [9.17, 15) is 18.3 Å². The van der Waals surface area contributed by atoms with Crippen LogP contribution in [0.1, 0.15) is 17.2 Å². The summed E-state index contributed by atoms with van der Waals surface area (Å²) in [4.78, 5) is 11.9. The van der Waals surface area contributed by atoms with E-state index in [-0.39, 0.29) is 18.0 Å². The SMILES string of the molecule is OCC(Nc1ccnc(-c2cncc(C(F)(F)F)c2)n1)c1ccccc1. The van der Waals surface area contributed by atoms with Crippen molar-refractivity contribution in [3.05, 3.63) is 72.2 Å². The van der Waals surface area contributed by atoms with Gasteiger partial charge in [0.2, 0.25) is 0 Å². The number of rotatable bonds is 5. The molecule has 1 aromatic carbocycles. The minimum absolute atomic E-state index is 0.110. The molecule has 2 heterocycles. The molecule has 0 aliphatic heterocycles. The Labute approximate surface area is 147 Å². The van der Waals surface area contributed by atoms with E-state index in [1.54, 1.807) is 6.07 Å². The van der Waals surface area contributed by atoms with Crippen molar-refractivity contribution in [1.82, 2.24) is 15.0 Å². The van der Waals surface area contributed by atoms with Crippen molar-refractivity contribution < 1.29 is 18.3 Å². The molecular weight excluding hydrogens is 345 g/mol. The molecule has 2 N–H and O–H groups in total. The first kappa shape index (κ1) is 17.8. The van der Waals surface area contributed by atoms with Crippen molar-refractivity contribution in [2.24, 2.45) is 0 Å². The van der Waals surface area contributed by atoms with E-state index in [0.717, 1.165) is 17.8 Å². The number of hydrogen-bond donors (Lipinski definition) is 2. The molecular formula is C18H15F3N4O. The Morgan fingerprint density at radius 2 is 1.85 bits per heavy atom. The number of anilines is 1. The molecule has 0 radical (unpaired) electrons. The summed E-state index contributed by atoms with van der Waals surface area (Å²) in [6.07, 6.45) is -1.03. The minimum Gasteiger partial charge on any atom is -0.394 e. The maximum atomic E-state index is 12.8. The molecule has 3 aromatic rings. The summed E-state index contributed by atoms with van der Waals surface area (Å²) < 4.78 is 38.5. The second-order valence-electron chi connectivity index (χ2n) is 5.52. The number of aromatic nitrogens is 3. The fourth-order valence-electron chi connectivity index (χ4n) is 2.39. The lowest BCUT2D eigenvalue weighted by molar-refractivity contribution is -0.137. The highest BCUT2D eigenvalue weighted by atomic mass is 19.4. The topological polar surface area (TPSA) is 70.9 Å². The minimum atomic E-state index is -4.49. The van der Waals surface area contributed by atoms with Crippen LogP contribution in [0.25, 0.3) is 11.4 Å². The maximum absolute atomic E-state index is 12.8. The zero-order chi connectivity index (χ0) is 18.6. The molecule has 0 saturated heterocycles. The summed E-state index contributed by atoms with van der Waals surface area (Å²) in [5.41, 5.74) is 0.147. The number of pyridine rings is 1. The van der Waals surface area contributed by atoms with Crippen LogP contribution in [0.5, 0.6) is 0 Å². The number of aliphatic hydroxyl groups excluding tert-OH is 1. The molecule has 0 bridgehead atoms. The van der Waals surface area contributed by atoms with Crippen LogP contribution in [0, 0.1) is 0 Å². The molecule has 8 heteroatoms. The van der Waals surface area contributed by atoms with Crippen molar-refractivity contribution in [2.45, 2.75) is 12.2 Å². The van der Waals surface area contributed by atoms with Gasteiger partial charge >= 0.3 is 6.18 Å². The Morgan fingerprint density at radius 1 is 1.08 bits per heavy atom. The van der Waals surface area contributed by atoms with Gasteiger partial charge in [-0.3, -0.25) is 4.98 Å². The second-order valence-corrected chi connectivity index (χ2v) is 5.52. The number of halogens is 3. The van der Waals surface area contributed by atoms with E-state index in [0.29, 0.717) is 5.82 Å². The van der Waals surface area contributed by atoms with Gasteiger partial charge in [0, 0.05) is 24.2 Å². The summed E-state index contributed by atoms with van der Waals surface area (Å²) in [5.74, 6) is 0.494. The third-order valence-electron chi connectivity index (χ3n) is 3.69. The lowest BCUT2D eigenvalue weighted by Gasteiger charge is -2.17. The predicted octanol–water partition coefficient (Wildman–Crippen LogP) is 3.70. The van der Waals surface area contributed by atoms with E-state index >= 15 is 0 Å². The molecule has 1 unspecified atom stereocenters. The number of aliphatic hydroxyl groups is 1. The van der Waals surface area contributed by atoms with Gasteiger partial charge in [-0.05, 0) is 17.7 Å². The number of nitrogens with zero attached hydrogens (tertiary/aromatic N) is 3. The van der Waals surface area contributed by atoms with Gasteiger partial charge in [-0.1, -0.05) is 30.3 Å². The molecule has 0 fully saturated rings. The zero-order valence-corrected chi connectivity index (χ0v) is 13.5. The Bertz CT molecular complexity index is 872. The van der Waals surface area contributed by atoms with Crippen molar-refractivity contribution >= 4 is 5.82 Å². The summed E-state index contributed by atoms with van der Waals surface area (Å²) >= 11 is 0. The molecule has 0 aliphatic carbocycles. The standard InChI is InChI=1S/C18H15F3N4O/c19-18(20,21)14-8-13(9-22-10-14)17-23-7-6-16(25-17)24-15(11-26)12-4-2-1-3-5-12/h1-10,15,26H,11H2,(H,23,24,25). The number of alkyl halides is 3. The predicted molar refractivity (Wildman–Crippen MR) is 90.2 cm³/mol. The lowest BCUT2D eigenvalue weighted by Crippen LogP contribution is -2.15. The highest BCUT2D eigenvalue weighted by molar-refractivity contribution is 5.57. The van der Waals surface area contributed by atoms with Crippen LogP contribution in [-0.4, -0.2) is 26.7 Å². The highest BCUT2D eigenvalue weighted by Crippen LogP contribution is 2.30. The van der Waals surface area contributed by atoms with Crippen LogP contribution >= 0.6 is 0 Å². The zero-order valence-electron chi connectivity index (χ0n) is 13.5. The molecule has 5 nitrogen and oxygen atoms in total. The molecule has 0 saturated carbocycles. The third kappa shape index (κ3) is 4.15. The Hall–Kier alpha value is -3.00. The maximum Gasteiger partial charge on any atom is 0.417 e. The normalized spacial score (nSPS) is 12.6. The van der Waals surface area contributed by atoms with Gasteiger partial charge in [-0.2, -0.15) is 13.2 Å². The molecule has 2 aromatic heterocycles. The van der Waals surface area contributed by atoms with Gasteiger partial charge in [0.25, 0.3) is 0 Å². The number of hydrogen-bond acceptors (Lipinski definition) is 5. The third-order valence-corrected chi connectivity index (χ3v) is 3.69. The molecule has 3 rings (SSSR count). The van der Waals surface area contributed by atoms with Crippen LogP contribution in [0.2, 0.25) is 0 Å². The van der Waals surface area contributed by atoms with Crippen LogP contribution in [-0.2, 0) is 6.18 Å². The molecule has 1 atom stereocenters. The monoisotopic (exact) mass is 360 g/mol. The Morgan fingerprint density at radius 3 is 2.54 bits per heavy atom. The summed E-state index contributed by atoms with van der Waals surface area (Å²) in [5, 5.41) is 12.7. The number of nitrogens with one attached hydrogen (secondary N) is 1. The quantitative estimate of drug-likeness (QED) is 0.726. The van der Waals surface area contributed by atoms with Crippen LogP contribution in [0.3, 0.4) is 0 Å². The average molecular weight is 360 g/mol. The summed E-state index contributed by atoms with van der Waals surface area (Å²) in [7, 11) is 0. The first-order valence-corrected chi connectivity index (χ1v) is 7.75. The molecule has 0 spiro atoms. The number of benzene rings is 1. The molecule has 26 heavy (non-hydrogen) atoms. The van der Waals surface area contributed by atoms with Gasteiger partial charge in [-0.25, -0.2) is 9.97 Å². The van der Waals surface area contributed by atoms with Crippen LogP contribution in [0.4, 0.5) is 19.0 Å².